The van der Waals surface area contributed by atoms with Crippen LogP contribution in [-0.4, -0.2) is 4.98 Å². The molecule has 0 amide bonds. The topological polar surface area (TPSA) is 15.8 Å². The van der Waals surface area contributed by atoms with E-state index in [2.05, 4.69) is 62.2 Å². The molecule has 1 aromatic heterocycles. The van der Waals surface area contributed by atoms with Gasteiger partial charge in [-0.1, -0.05) is 61.7 Å². The highest BCUT2D eigenvalue weighted by Crippen LogP contribution is 2.34. The summed E-state index contributed by atoms with van der Waals surface area (Å²) in [6.07, 6.45) is 3.50. The van der Waals surface area contributed by atoms with Gasteiger partial charge in [-0.2, -0.15) is 0 Å². The molecule has 2 heteroatoms. The molecular weight excluding hydrogens is 302 g/mol. The normalized spacial score (nSPS) is 12.7. The molecule has 1 heterocycles. The second kappa shape index (κ2) is 6.80. The number of aryl methyl sites for hydroxylation is 2. The van der Waals surface area contributed by atoms with Crippen LogP contribution in [0, 0.1) is 6.92 Å². The summed E-state index contributed by atoms with van der Waals surface area (Å²) in [6, 6.07) is 15.0. The number of benzene rings is 2. The third kappa shape index (κ3) is 3.30. The van der Waals surface area contributed by atoms with Crippen molar-refractivity contribution in [3.63, 3.8) is 0 Å². The van der Waals surface area contributed by atoms with Gasteiger partial charge >= 0.3 is 0 Å². The van der Waals surface area contributed by atoms with E-state index in [9.17, 15) is 0 Å². The summed E-state index contributed by atoms with van der Waals surface area (Å²) in [4.78, 5) is 3.65. The maximum atomic E-state index is 6.23. The Kier molecular flexibility index (Phi) is 4.77. The van der Waals surface area contributed by atoms with Gasteiger partial charge in [-0.3, -0.25) is 0 Å². The number of rotatable bonds is 5. The van der Waals surface area contributed by atoms with Crippen molar-refractivity contribution in [2.45, 2.75) is 46.0 Å². The number of aromatic nitrogens is 1. The van der Waals surface area contributed by atoms with E-state index < -0.39 is 0 Å². The standard InChI is InChI=1S/C21H24ClN/c1-4-5-6-18-19-13-17(22)11-12-20(19)23-21(18)15(3)16-9-7-14(2)8-10-16/h7-13,15,23H,4-6H2,1-3H3. The van der Waals surface area contributed by atoms with Gasteiger partial charge in [0.1, 0.15) is 0 Å². The fourth-order valence-corrected chi connectivity index (χ4v) is 3.43. The van der Waals surface area contributed by atoms with E-state index in [-0.39, 0.29) is 0 Å². The van der Waals surface area contributed by atoms with E-state index in [0.29, 0.717) is 5.92 Å². The van der Waals surface area contributed by atoms with Crippen LogP contribution in [0.4, 0.5) is 0 Å². The molecule has 0 saturated heterocycles. The maximum Gasteiger partial charge on any atom is 0.0460 e. The summed E-state index contributed by atoms with van der Waals surface area (Å²) in [5.74, 6) is 0.355. The number of H-pyrrole nitrogens is 1. The van der Waals surface area contributed by atoms with Gasteiger partial charge in [-0.15, -0.1) is 0 Å². The van der Waals surface area contributed by atoms with Crippen molar-refractivity contribution >= 4 is 22.5 Å². The molecule has 1 nitrogen and oxygen atoms in total. The van der Waals surface area contributed by atoms with Gasteiger partial charge in [-0.25, -0.2) is 0 Å². The predicted octanol–water partition coefficient (Wildman–Crippen LogP) is 6.62. The third-order valence-electron chi connectivity index (χ3n) is 4.69. The van der Waals surface area contributed by atoms with Crippen molar-refractivity contribution in [3.05, 3.63) is 69.9 Å². The molecule has 0 saturated carbocycles. The Labute approximate surface area is 143 Å². The van der Waals surface area contributed by atoms with Gasteiger partial charge in [0, 0.05) is 27.5 Å². The number of hydrogen-bond donors (Lipinski definition) is 1. The van der Waals surface area contributed by atoms with Crippen molar-refractivity contribution in [1.29, 1.82) is 0 Å². The van der Waals surface area contributed by atoms with Gasteiger partial charge in [0.25, 0.3) is 0 Å². The molecule has 0 spiro atoms. The number of aromatic amines is 1. The number of nitrogens with one attached hydrogen (secondary N) is 1. The summed E-state index contributed by atoms with van der Waals surface area (Å²) >= 11 is 6.23. The molecule has 0 radical (unpaired) electrons. The van der Waals surface area contributed by atoms with Crippen molar-refractivity contribution in [3.8, 4) is 0 Å². The van der Waals surface area contributed by atoms with Crippen LogP contribution in [0.15, 0.2) is 42.5 Å². The molecule has 23 heavy (non-hydrogen) atoms. The van der Waals surface area contributed by atoms with Crippen molar-refractivity contribution in [2.24, 2.45) is 0 Å². The maximum absolute atomic E-state index is 6.23. The largest absolute Gasteiger partial charge is 0.358 e. The van der Waals surface area contributed by atoms with Crippen LogP contribution < -0.4 is 0 Å². The summed E-state index contributed by atoms with van der Waals surface area (Å²) in [5, 5.41) is 2.09. The lowest BCUT2D eigenvalue weighted by molar-refractivity contribution is 0.775. The highest BCUT2D eigenvalue weighted by Gasteiger charge is 2.18. The molecule has 120 valence electrons. The smallest absolute Gasteiger partial charge is 0.0460 e. The lowest BCUT2D eigenvalue weighted by Gasteiger charge is -2.14. The van der Waals surface area contributed by atoms with Gasteiger partial charge in [0.05, 0.1) is 0 Å². The van der Waals surface area contributed by atoms with E-state index >= 15 is 0 Å². The first-order chi connectivity index (χ1) is 11.1. The number of hydrogen-bond acceptors (Lipinski definition) is 0. The first-order valence-electron chi connectivity index (χ1n) is 8.46. The minimum Gasteiger partial charge on any atom is -0.358 e. The molecule has 1 unspecified atom stereocenters. The minimum atomic E-state index is 0.355. The summed E-state index contributed by atoms with van der Waals surface area (Å²) in [6.45, 7) is 6.66. The fourth-order valence-electron chi connectivity index (χ4n) is 3.26. The molecule has 1 atom stereocenters. The number of fused-ring (bicyclic) bond motifs is 1. The van der Waals surface area contributed by atoms with Gasteiger partial charge < -0.3 is 4.98 Å². The first-order valence-corrected chi connectivity index (χ1v) is 8.84. The molecule has 0 aliphatic rings. The third-order valence-corrected chi connectivity index (χ3v) is 4.93. The number of halogens is 1. The zero-order chi connectivity index (χ0) is 16.4. The fraction of sp³-hybridized carbons (Fsp3) is 0.333. The zero-order valence-electron chi connectivity index (χ0n) is 14.1. The van der Waals surface area contributed by atoms with Crippen LogP contribution >= 0.6 is 11.6 Å². The summed E-state index contributed by atoms with van der Waals surface area (Å²) in [7, 11) is 0. The summed E-state index contributed by atoms with van der Waals surface area (Å²) in [5.41, 5.74) is 6.60. The quantitative estimate of drug-likeness (QED) is 0.542. The van der Waals surface area contributed by atoms with Crippen LogP contribution in [0.5, 0.6) is 0 Å². The molecule has 3 aromatic rings. The van der Waals surface area contributed by atoms with E-state index in [1.165, 1.54) is 46.1 Å². The lowest BCUT2D eigenvalue weighted by Crippen LogP contribution is -2.01. The molecule has 1 N–H and O–H groups in total. The summed E-state index contributed by atoms with van der Waals surface area (Å²) < 4.78 is 0. The first kappa shape index (κ1) is 16.1. The van der Waals surface area contributed by atoms with Crippen LogP contribution in [0.3, 0.4) is 0 Å². The second-order valence-electron chi connectivity index (χ2n) is 6.44. The van der Waals surface area contributed by atoms with E-state index in [1.807, 2.05) is 6.07 Å². The Morgan fingerprint density at radius 1 is 1.09 bits per heavy atom. The Morgan fingerprint density at radius 3 is 2.52 bits per heavy atom. The highest BCUT2D eigenvalue weighted by molar-refractivity contribution is 6.31. The molecule has 2 aromatic carbocycles. The van der Waals surface area contributed by atoms with Crippen LogP contribution in [-0.2, 0) is 6.42 Å². The highest BCUT2D eigenvalue weighted by atomic mass is 35.5. The SMILES string of the molecule is CCCCc1c(C(C)c2ccc(C)cc2)[nH]c2ccc(Cl)cc12. The Hall–Kier alpha value is -1.73. The Morgan fingerprint density at radius 2 is 1.83 bits per heavy atom. The molecule has 0 aliphatic heterocycles. The average Bonchev–Trinajstić information content (AvgIpc) is 2.90. The van der Waals surface area contributed by atoms with Crippen molar-refractivity contribution < 1.29 is 0 Å². The van der Waals surface area contributed by atoms with Gasteiger partial charge in [0.15, 0.2) is 0 Å². The second-order valence-corrected chi connectivity index (χ2v) is 6.88. The van der Waals surface area contributed by atoms with Gasteiger partial charge in [0.2, 0.25) is 0 Å². The molecule has 3 rings (SSSR count). The lowest BCUT2D eigenvalue weighted by atomic mass is 9.92. The average molecular weight is 326 g/mol. The van der Waals surface area contributed by atoms with Crippen LogP contribution in [0.25, 0.3) is 10.9 Å². The molecule has 0 bridgehead atoms. The van der Waals surface area contributed by atoms with Crippen molar-refractivity contribution in [2.75, 3.05) is 0 Å². The van der Waals surface area contributed by atoms with E-state index in [1.54, 1.807) is 0 Å². The van der Waals surface area contributed by atoms with Crippen molar-refractivity contribution in [1.82, 2.24) is 4.98 Å². The zero-order valence-corrected chi connectivity index (χ0v) is 14.9. The Bertz CT molecular complexity index is 799. The molecule has 0 aliphatic carbocycles. The van der Waals surface area contributed by atoms with E-state index in [4.69, 9.17) is 11.6 Å². The Balaban J connectivity index is 2.09. The monoisotopic (exact) mass is 325 g/mol. The van der Waals surface area contributed by atoms with Crippen LogP contribution in [0.2, 0.25) is 5.02 Å². The van der Waals surface area contributed by atoms with E-state index in [0.717, 1.165) is 11.4 Å². The van der Waals surface area contributed by atoms with Gasteiger partial charge in [-0.05, 0) is 49.1 Å². The number of unbranched alkanes of at least 4 members (excludes halogenated alkanes) is 1. The minimum absolute atomic E-state index is 0.355. The predicted molar refractivity (Wildman–Crippen MR) is 101 cm³/mol. The van der Waals surface area contributed by atoms with Crippen LogP contribution in [0.1, 0.15) is 55.0 Å². The molecule has 0 fully saturated rings. The molecular formula is C21H24ClN.